The molecular weight excluding hydrogens is 226 g/mol. The number of nitriles is 2. The molecule has 0 N–H and O–H groups in total. The lowest BCUT2D eigenvalue weighted by Gasteiger charge is -2.03. The Morgan fingerprint density at radius 3 is 2.61 bits per heavy atom. The van der Waals surface area contributed by atoms with Gasteiger partial charge >= 0.3 is 0 Å². The molecule has 0 aliphatic rings. The van der Waals surface area contributed by atoms with Crippen LogP contribution in [0.25, 0.3) is 5.57 Å². The third kappa shape index (κ3) is 3.01. The maximum absolute atomic E-state index is 10.6. The van der Waals surface area contributed by atoms with E-state index in [0.717, 1.165) is 0 Å². The van der Waals surface area contributed by atoms with Gasteiger partial charge in [0.1, 0.15) is 18.1 Å². The summed E-state index contributed by atoms with van der Waals surface area (Å²) in [6.07, 6.45) is 2.03. The highest BCUT2D eigenvalue weighted by Crippen LogP contribution is 2.17. The second kappa shape index (κ2) is 5.93. The summed E-state index contributed by atoms with van der Waals surface area (Å²) in [5, 5.41) is 17.5. The Morgan fingerprint density at radius 1 is 1.33 bits per heavy atom. The number of allylic oxidation sites excluding steroid dienone is 2. The summed E-state index contributed by atoms with van der Waals surface area (Å²) in [6, 6.07) is 8.43. The fraction of sp³-hybridized carbons (Fsp3) is 0. The second-order valence-corrected chi connectivity index (χ2v) is 3.38. The Balaban J connectivity index is 3.12. The molecule has 0 bridgehead atoms. The van der Waals surface area contributed by atoms with E-state index in [1.807, 2.05) is 6.07 Å². The first-order valence-corrected chi connectivity index (χ1v) is 4.94. The molecule has 0 saturated heterocycles. The number of carbonyl (C=O) groups is 1. The molecule has 0 unspecified atom stereocenters. The topological polar surface area (TPSA) is 77.0 Å². The SMILES string of the molecule is C=C(C#N)/N=C/C(=C)c1ccc(C=O)cc1C#N. The van der Waals surface area contributed by atoms with Gasteiger partial charge in [-0.15, -0.1) is 0 Å². The van der Waals surface area contributed by atoms with Crippen molar-refractivity contribution in [1.82, 2.24) is 0 Å². The van der Waals surface area contributed by atoms with E-state index in [1.165, 1.54) is 12.3 Å². The minimum atomic E-state index is 0.0548. The normalized spacial score (nSPS) is 9.44. The molecule has 18 heavy (non-hydrogen) atoms. The Hall–Kier alpha value is -2.98. The van der Waals surface area contributed by atoms with Crippen molar-refractivity contribution >= 4 is 18.1 Å². The van der Waals surface area contributed by atoms with Crippen LogP contribution in [0, 0.1) is 22.7 Å². The molecule has 1 aromatic rings. The van der Waals surface area contributed by atoms with Crippen LogP contribution in [0.3, 0.4) is 0 Å². The Morgan fingerprint density at radius 2 is 2.06 bits per heavy atom. The van der Waals surface area contributed by atoms with Gasteiger partial charge in [-0.2, -0.15) is 10.5 Å². The first kappa shape index (κ1) is 13.1. The van der Waals surface area contributed by atoms with E-state index in [2.05, 4.69) is 18.2 Å². The highest BCUT2D eigenvalue weighted by Gasteiger charge is 2.05. The summed E-state index contributed by atoms with van der Waals surface area (Å²) in [7, 11) is 0. The first-order valence-electron chi connectivity index (χ1n) is 4.94. The molecule has 1 rings (SSSR count). The zero-order chi connectivity index (χ0) is 13.5. The summed E-state index contributed by atoms with van der Waals surface area (Å²) in [5.74, 6) is 0. The molecule has 0 amide bonds. The van der Waals surface area contributed by atoms with Crippen LogP contribution in [0.15, 0.2) is 42.0 Å². The van der Waals surface area contributed by atoms with Gasteiger partial charge in [0.2, 0.25) is 0 Å². The lowest BCUT2D eigenvalue weighted by molar-refractivity contribution is 0.112. The van der Waals surface area contributed by atoms with Gasteiger partial charge in [-0.25, -0.2) is 4.99 Å². The van der Waals surface area contributed by atoms with Crippen LogP contribution >= 0.6 is 0 Å². The van der Waals surface area contributed by atoms with Crippen molar-refractivity contribution < 1.29 is 4.79 Å². The number of carbonyl (C=O) groups excluding carboxylic acids is 1. The van der Waals surface area contributed by atoms with Gasteiger partial charge in [0.15, 0.2) is 0 Å². The highest BCUT2D eigenvalue weighted by atomic mass is 16.1. The van der Waals surface area contributed by atoms with Gasteiger partial charge in [0, 0.05) is 17.3 Å². The average Bonchev–Trinajstić information content (AvgIpc) is 2.43. The molecule has 0 saturated carbocycles. The van der Waals surface area contributed by atoms with Crippen molar-refractivity contribution in [1.29, 1.82) is 10.5 Å². The maximum Gasteiger partial charge on any atom is 0.150 e. The van der Waals surface area contributed by atoms with Gasteiger partial charge in [-0.3, -0.25) is 4.79 Å². The molecule has 0 aliphatic heterocycles. The largest absolute Gasteiger partial charge is 0.298 e. The zero-order valence-corrected chi connectivity index (χ0v) is 9.55. The third-order valence-electron chi connectivity index (χ3n) is 2.15. The minimum absolute atomic E-state index is 0.0548. The predicted molar refractivity (Wildman–Crippen MR) is 68.8 cm³/mol. The van der Waals surface area contributed by atoms with Crippen molar-refractivity contribution in [3.8, 4) is 12.1 Å². The van der Waals surface area contributed by atoms with Crippen LogP contribution in [0.4, 0.5) is 0 Å². The van der Waals surface area contributed by atoms with E-state index in [4.69, 9.17) is 10.5 Å². The lowest BCUT2D eigenvalue weighted by Crippen LogP contribution is -1.92. The fourth-order valence-electron chi connectivity index (χ4n) is 1.26. The van der Waals surface area contributed by atoms with Gasteiger partial charge in [0.05, 0.1) is 11.6 Å². The van der Waals surface area contributed by atoms with E-state index < -0.39 is 0 Å². The molecule has 0 aliphatic carbocycles. The standard InChI is InChI=1S/C14H9N3O/c1-10(8-17-11(2)6-15)14-4-3-12(9-18)5-13(14)7-16/h3-5,8-9H,1-2H2/b17-8+. The van der Waals surface area contributed by atoms with Crippen molar-refractivity contribution in [2.45, 2.75) is 0 Å². The van der Waals surface area contributed by atoms with Crippen molar-refractivity contribution in [3.63, 3.8) is 0 Å². The molecule has 0 fully saturated rings. The summed E-state index contributed by atoms with van der Waals surface area (Å²) >= 11 is 0. The van der Waals surface area contributed by atoms with E-state index >= 15 is 0 Å². The van der Waals surface area contributed by atoms with Crippen molar-refractivity contribution in [2.24, 2.45) is 4.99 Å². The molecular formula is C14H9N3O. The molecule has 0 atom stereocenters. The van der Waals surface area contributed by atoms with Crippen LogP contribution in [0.1, 0.15) is 21.5 Å². The Kier molecular flexibility index (Phi) is 4.31. The van der Waals surface area contributed by atoms with Crippen LogP contribution < -0.4 is 0 Å². The van der Waals surface area contributed by atoms with Crippen LogP contribution in [-0.2, 0) is 0 Å². The van der Waals surface area contributed by atoms with E-state index in [9.17, 15) is 4.79 Å². The van der Waals surface area contributed by atoms with Crippen LogP contribution in [0.5, 0.6) is 0 Å². The molecule has 86 valence electrons. The zero-order valence-electron chi connectivity index (χ0n) is 9.55. The van der Waals surface area contributed by atoms with Gasteiger partial charge < -0.3 is 0 Å². The molecule has 0 radical (unpaired) electrons. The number of benzene rings is 1. The second-order valence-electron chi connectivity index (χ2n) is 3.38. The van der Waals surface area contributed by atoms with E-state index in [1.54, 1.807) is 18.2 Å². The fourth-order valence-corrected chi connectivity index (χ4v) is 1.26. The number of hydrogen-bond donors (Lipinski definition) is 0. The minimum Gasteiger partial charge on any atom is -0.298 e. The third-order valence-corrected chi connectivity index (χ3v) is 2.15. The summed E-state index contributed by atoms with van der Waals surface area (Å²) in [6.45, 7) is 7.15. The van der Waals surface area contributed by atoms with Gasteiger partial charge in [-0.05, 0) is 11.6 Å². The number of rotatable bonds is 4. The molecule has 0 heterocycles. The van der Waals surface area contributed by atoms with Crippen molar-refractivity contribution in [2.75, 3.05) is 0 Å². The molecule has 1 aromatic carbocycles. The number of aldehydes is 1. The smallest absolute Gasteiger partial charge is 0.150 e. The number of nitrogens with zero attached hydrogens (tertiary/aromatic N) is 3. The molecule has 0 spiro atoms. The van der Waals surface area contributed by atoms with E-state index in [0.29, 0.717) is 28.5 Å². The summed E-state index contributed by atoms with van der Waals surface area (Å²) < 4.78 is 0. The van der Waals surface area contributed by atoms with Crippen LogP contribution in [0.2, 0.25) is 0 Å². The summed E-state index contributed by atoms with van der Waals surface area (Å²) in [5.41, 5.74) is 1.84. The number of aliphatic imine (C=N–C) groups is 1. The predicted octanol–water partition coefficient (Wildman–Crippen LogP) is 2.49. The van der Waals surface area contributed by atoms with Gasteiger partial charge in [0.25, 0.3) is 0 Å². The first-order chi connectivity index (χ1) is 8.62. The highest BCUT2D eigenvalue weighted by molar-refractivity contribution is 6.10. The van der Waals surface area contributed by atoms with E-state index in [-0.39, 0.29) is 5.70 Å². The molecule has 4 nitrogen and oxygen atoms in total. The van der Waals surface area contributed by atoms with Crippen LogP contribution in [-0.4, -0.2) is 12.5 Å². The van der Waals surface area contributed by atoms with Crippen molar-refractivity contribution in [3.05, 3.63) is 53.7 Å². The monoisotopic (exact) mass is 235 g/mol. The molecule has 4 heteroatoms. The Bertz CT molecular complexity index is 627. The maximum atomic E-state index is 10.6. The van der Waals surface area contributed by atoms with Gasteiger partial charge in [-0.1, -0.05) is 25.3 Å². The Labute approximate surface area is 105 Å². The summed E-state index contributed by atoms with van der Waals surface area (Å²) in [4.78, 5) is 14.4. The quantitative estimate of drug-likeness (QED) is 0.457. The number of hydrogen-bond acceptors (Lipinski definition) is 4. The lowest BCUT2D eigenvalue weighted by atomic mass is 10.00. The molecule has 0 aromatic heterocycles. The average molecular weight is 235 g/mol.